The summed E-state index contributed by atoms with van der Waals surface area (Å²) in [5.74, 6) is 0.449. The summed E-state index contributed by atoms with van der Waals surface area (Å²) in [4.78, 5) is 11.6. The first-order valence-corrected chi connectivity index (χ1v) is 8.65. The first kappa shape index (κ1) is 17.3. The zero-order valence-corrected chi connectivity index (χ0v) is 13.7. The van der Waals surface area contributed by atoms with Crippen LogP contribution in [0.3, 0.4) is 0 Å². The lowest BCUT2D eigenvalue weighted by Gasteiger charge is -2.15. The van der Waals surface area contributed by atoms with Crippen molar-refractivity contribution in [3.05, 3.63) is 33.8 Å². The van der Waals surface area contributed by atoms with Crippen LogP contribution in [0.25, 0.3) is 0 Å². The zero-order chi connectivity index (χ0) is 15.1. The number of carbonyl (C=O) groups excluding carboxylic acids is 1. The highest BCUT2D eigenvalue weighted by Gasteiger charge is 2.10. The Morgan fingerprint density at radius 1 is 1.40 bits per heavy atom. The van der Waals surface area contributed by atoms with Crippen molar-refractivity contribution in [3.63, 3.8) is 0 Å². The molecule has 0 aliphatic carbocycles. The zero-order valence-electron chi connectivity index (χ0n) is 11.4. The van der Waals surface area contributed by atoms with Crippen molar-refractivity contribution in [2.75, 3.05) is 18.6 Å². The smallest absolute Gasteiger partial charge is 0.315 e. The summed E-state index contributed by atoms with van der Waals surface area (Å²) in [5, 5.41) is 6.64. The molecule has 0 saturated heterocycles. The number of urea groups is 1. The van der Waals surface area contributed by atoms with Crippen molar-refractivity contribution >= 4 is 40.0 Å². The molecule has 7 heteroatoms. The Morgan fingerprint density at radius 2 is 2.10 bits per heavy atom. The molecule has 112 valence electrons. The van der Waals surface area contributed by atoms with E-state index in [-0.39, 0.29) is 12.1 Å². The van der Waals surface area contributed by atoms with Crippen LogP contribution in [0.1, 0.15) is 12.5 Å². The van der Waals surface area contributed by atoms with E-state index in [2.05, 4.69) is 10.6 Å². The van der Waals surface area contributed by atoms with Gasteiger partial charge in [-0.3, -0.25) is 4.21 Å². The minimum absolute atomic E-state index is 0.0687. The maximum atomic E-state index is 11.6. The normalized spacial score (nSPS) is 13.6. The second kappa shape index (κ2) is 8.49. The first-order valence-electron chi connectivity index (χ1n) is 6.17. The lowest BCUT2D eigenvalue weighted by molar-refractivity contribution is 0.238. The molecule has 1 aromatic carbocycles. The molecular weight excluding hydrogens is 319 g/mol. The molecule has 20 heavy (non-hydrogen) atoms. The van der Waals surface area contributed by atoms with Crippen LogP contribution in [0.4, 0.5) is 4.79 Å². The van der Waals surface area contributed by atoms with Gasteiger partial charge >= 0.3 is 6.03 Å². The summed E-state index contributed by atoms with van der Waals surface area (Å²) in [6.07, 6.45) is 2.22. The van der Waals surface area contributed by atoms with Crippen molar-refractivity contribution < 1.29 is 9.00 Å². The number of carbonyl (C=O) groups is 1. The third kappa shape index (κ3) is 6.59. The monoisotopic (exact) mass is 336 g/mol. The fraction of sp³-hybridized carbons (Fsp3) is 0.462. The molecule has 0 saturated carbocycles. The van der Waals surface area contributed by atoms with Gasteiger partial charge in [-0.25, -0.2) is 4.79 Å². The van der Waals surface area contributed by atoms with Crippen molar-refractivity contribution in [2.45, 2.75) is 19.4 Å². The molecule has 1 aromatic rings. The summed E-state index contributed by atoms with van der Waals surface area (Å²) in [5.41, 5.74) is 0.929. The number of rotatable bonds is 6. The third-order valence-corrected chi connectivity index (χ3v) is 3.96. The average molecular weight is 337 g/mol. The number of hydrogen-bond acceptors (Lipinski definition) is 2. The Bertz CT molecular complexity index is 497. The Labute approximate surface area is 131 Å². The van der Waals surface area contributed by atoms with Crippen molar-refractivity contribution in [1.82, 2.24) is 10.6 Å². The van der Waals surface area contributed by atoms with Crippen LogP contribution in [0, 0.1) is 0 Å². The fourth-order valence-corrected chi connectivity index (χ4v) is 2.53. The van der Waals surface area contributed by atoms with Gasteiger partial charge in [0, 0.05) is 45.4 Å². The summed E-state index contributed by atoms with van der Waals surface area (Å²) < 4.78 is 10.9. The van der Waals surface area contributed by atoms with Crippen LogP contribution >= 0.6 is 23.2 Å². The van der Waals surface area contributed by atoms with Crippen LogP contribution in [-0.4, -0.2) is 34.8 Å². The van der Waals surface area contributed by atoms with Gasteiger partial charge in [-0.05, 0) is 31.0 Å². The largest absolute Gasteiger partial charge is 0.337 e. The Morgan fingerprint density at radius 3 is 2.70 bits per heavy atom. The van der Waals surface area contributed by atoms with Crippen LogP contribution in [-0.2, 0) is 17.2 Å². The number of benzene rings is 1. The molecule has 0 bridgehead atoms. The Kier molecular flexibility index (Phi) is 7.34. The van der Waals surface area contributed by atoms with Crippen molar-refractivity contribution in [1.29, 1.82) is 0 Å². The molecule has 4 nitrogen and oxygen atoms in total. The quantitative estimate of drug-likeness (QED) is 0.838. The van der Waals surface area contributed by atoms with E-state index < -0.39 is 10.8 Å². The van der Waals surface area contributed by atoms with Gasteiger partial charge in [0.1, 0.15) is 0 Å². The predicted octanol–water partition coefficient (Wildman–Crippen LogP) is 2.60. The molecule has 0 radical (unpaired) electrons. The van der Waals surface area contributed by atoms with Gasteiger partial charge in [-0.15, -0.1) is 0 Å². The minimum Gasteiger partial charge on any atom is -0.337 e. The average Bonchev–Trinajstić information content (AvgIpc) is 2.32. The van der Waals surface area contributed by atoms with Gasteiger partial charge in [0.15, 0.2) is 0 Å². The minimum atomic E-state index is -0.904. The van der Waals surface area contributed by atoms with Gasteiger partial charge in [-0.1, -0.05) is 29.3 Å². The SMILES string of the molecule is C[C@H](Cc1ccc(Cl)cc1Cl)NC(=O)NCC[S@@](C)=O. The number of amides is 2. The van der Waals surface area contributed by atoms with E-state index in [1.165, 1.54) is 0 Å². The highest BCUT2D eigenvalue weighted by Crippen LogP contribution is 2.21. The van der Waals surface area contributed by atoms with E-state index in [9.17, 15) is 9.00 Å². The molecule has 2 atom stereocenters. The Balaban J connectivity index is 2.41. The van der Waals surface area contributed by atoms with Gasteiger partial charge < -0.3 is 10.6 Å². The van der Waals surface area contributed by atoms with E-state index >= 15 is 0 Å². The van der Waals surface area contributed by atoms with E-state index in [1.54, 1.807) is 18.4 Å². The molecule has 0 unspecified atom stereocenters. The van der Waals surface area contributed by atoms with E-state index in [1.807, 2.05) is 13.0 Å². The van der Waals surface area contributed by atoms with Crippen molar-refractivity contribution in [3.8, 4) is 0 Å². The molecule has 0 aromatic heterocycles. The highest BCUT2D eigenvalue weighted by atomic mass is 35.5. The number of nitrogens with one attached hydrogen (secondary N) is 2. The molecule has 0 heterocycles. The third-order valence-electron chi connectivity index (χ3n) is 2.59. The second-order valence-corrected chi connectivity index (χ2v) is 6.92. The molecule has 0 spiro atoms. The van der Waals surface area contributed by atoms with Crippen LogP contribution < -0.4 is 10.6 Å². The standard InChI is InChI=1S/C13H18Cl2N2O2S/c1-9(17-13(18)16-5-6-20(2)19)7-10-3-4-11(14)8-12(10)15/h3-4,8-9H,5-7H2,1-2H3,(H2,16,17,18)/t9-,20-/m1/s1. The number of halogens is 2. The van der Waals surface area contributed by atoms with E-state index in [0.29, 0.717) is 28.8 Å². The molecule has 1 rings (SSSR count). The van der Waals surface area contributed by atoms with Gasteiger partial charge in [0.2, 0.25) is 0 Å². The maximum absolute atomic E-state index is 11.6. The van der Waals surface area contributed by atoms with Crippen LogP contribution in [0.15, 0.2) is 18.2 Å². The van der Waals surface area contributed by atoms with Crippen molar-refractivity contribution in [2.24, 2.45) is 0 Å². The molecular formula is C13H18Cl2N2O2S. The highest BCUT2D eigenvalue weighted by molar-refractivity contribution is 7.84. The summed E-state index contributed by atoms with van der Waals surface area (Å²) in [7, 11) is -0.904. The lowest BCUT2D eigenvalue weighted by atomic mass is 10.1. The second-order valence-electron chi connectivity index (χ2n) is 4.52. The Hall–Kier alpha value is -0.780. The van der Waals surface area contributed by atoms with Gasteiger partial charge in [0.25, 0.3) is 0 Å². The van der Waals surface area contributed by atoms with E-state index in [4.69, 9.17) is 23.2 Å². The maximum Gasteiger partial charge on any atom is 0.315 e. The van der Waals surface area contributed by atoms with Crippen LogP contribution in [0.5, 0.6) is 0 Å². The van der Waals surface area contributed by atoms with Gasteiger partial charge in [-0.2, -0.15) is 0 Å². The molecule has 0 fully saturated rings. The summed E-state index contributed by atoms with van der Waals surface area (Å²) in [6.45, 7) is 2.28. The molecule has 2 amide bonds. The number of hydrogen-bond donors (Lipinski definition) is 2. The molecule has 0 aliphatic heterocycles. The molecule has 2 N–H and O–H groups in total. The molecule has 0 aliphatic rings. The van der Waals surface area contributed by atoms with Gasteiger partial charge in [0.05, 0.1) is 0 Å². The first-order chi connectivity index (χ1) is 9.38. The summed E-state index contributed by atoms with van der Waals surface area (Å²) in [6, 6.07) is 4.96. The topological polar surface area (TPSA) is 58.2 Å². The van der Waals surface area contributed by atoms with E-state index in [0.717, 1.165) is 5.56 Å². The van der Waals surface area contributed by atoms with Crippen LogP contribution in [0.2, 0.25) is 10.0 Å². The summed E-state index contributed by atoms with van der Waals surface area (Å²) >= 11 is 11.9. The predicted molar refractivity (Wildman–Crippen MR) is 85.1 cm³/mol. The fourth-order valence-electron chi connectivity index (χ4n) is 1.65. The lowest BCUT2D eigenvalue weighted by Crippen LogP contribution is -2.42.